The number of nitrogens with zero attached hydrogens (tertiary/aromatic N) is 1. The molecule has 0 amide bonds. The maximum absolute atomic E-state index is 11.4. The van der Waals surface area contributed by atoms with Crippen LogP contribution in [-0.2, 0) is 6.54 Å². The molecule has 2 N–H and O–H groups in total. The van der Waals surface area contributed by atoms with Gasteiger partial charge in [-0.2, -0.15) is 0 Å². The highest BCUT2D eigenvalue weighted by Crippen LogP contribution is 1.95. The van der Waals surface area contributed by atoms with Gasteiger partial charge in [0.05, 0.1) is 0 Å². The first-order valence-corrected chi connectivity index (χ1v) is 5.65. The van der Waals surface area contributed by atoms with E-state index in [9.17, 15) is 9.59 Å². The van der Waals surface area contributed by atoms with Crippen LogP contribution in [0.5, 0.6) is 0 Å². The molecule has 0 radical (unpaired) electrons. The number of halogens is 1. The van der Waals surface area contributed by atoms with Crippen LogP contribution in [0.3, 0.4) is 0 Å². The fourth-order valence-corrected chi connectivity index (χ4v) is 1.39. The highest BCUT2D eigenvalue weighted by atomic mass is 35.5. The Bertz CT molecular complexity index is 452. The van der Waals surface area contributed by atoms with Gasteiger partial charge in [-0.3, -0.25) is 14.3 Å². The molecule has 0 bridgehead atoms. The Kier molecular flexibility index (Phi) is 4.76. The molecule has 0 saturated heterocycles. The lowest BCUT2D eigenvalue weighted by Crippen LogP contribution is -2.35. The molecule has 16 heavy (non-hydrogen) atoms. The average molecular weight is 246 g/mol. The van der Waals surface area contributed by atoms with Crippen molar-refractivity contribution in [3.8, 4) is 0 Å². The Labute approximate surface area is 98.4 Å². The Balaban J connectivity index is 2.65. The summed E-state index contributed by atoms with van der Waals surface area (Å²) >= 11 is 5.63. The Hall–Kier alpha value is -1.07. The standard InChI is InChI=1S/C10H16ClN3O2/c1-3-7(2)12-4-5-14-6-8(11)9(15)13-10(14)16/h6-7,12H,3-5H2,1-2H3,(H,13,15,16). The monoisotopic (exact) mass is 245 g/mol. The Morgan fingerprint density at radius 2 is 2.25 bits per heavy atom. The minimum Gasteiger partial charge on any atom is -0.312 e. The van der Waals surface area contributed by atoms with Crippen LogP contribution < -0.4 is 16.6 Å². The molecule has 0 aliphatic heterocycles. The summed E-state index contributed by atoms with van der Waals surface area (Å²) in [5, 5.41) is 3.28. The highest BCUT2D eigenvalue weighted by Gasteiger charge is 2.02. The maximum atomic E-state index is 11.4. The second-order valence-electron chi connectivity index (χ2n) is 3.69. The summed E-state index contributed by atoms with van der Waals surface area (Å²) < 4.78 is 1.39. The third-order valence-electron chi connectivity index (χ3n) is 2.43. The van der Waals surface area contributed by atoms with Gasteiger partial charge in [-0.1, -0.05) is 18.5 Å². The van der Waals surface area contributed by atoms with Gasteiger partial charge in [-0.05, 0) is 13.3 Å². The molecule has 1 heterocycles. The Morgan fingerprint density at radius 1 is 1.56 bits per heavy atom. The summed E-state index contributed by atoms with van der Waals surface area (Å²) in [6.07, 6.45) is 2.39. The van der Waals surface area contributed by atoms with Gasteiger partial charge in [-0.25, -0.2) is 4.79 Å². The zero-order chi connectivity index (χ0) is 12.1. The fourth-order valence-electron chi connectivity index (χ4n) is 1.22. The topological polar surface area (TPSA) is 66.9 Å². The number of hydrogen-bond donors (Lipinski definition) is 2. The van der Waals surface area contributed by atoms with E-state index in [0.29, 0.717) is 19.1 Å². The van der Waals surface area contributed by atoms with E-state index in [1.54, 1.807) is 0 Å². The predicted molar refractivity (Wildman–Crippen MR) is 64.1 cm³/mol. The second-order valence-corrected chi connectivity index (χ2v) is 4.10. The maximum Gasteiger partial charge on any atom is 0.328 e. The van der Waals surface area contributed by atoms with E-state index in [4.69, 9.17) is 11.6 Å². The number of aromatic nitrogens is 2. The number of H-pyrrole nitrogens is 1. The number of rotatable bonds is 5. The van der Waals surface area contributed by atoms with E-state index in [0.717, 1.165) is 6.42 Å². The van der Waals surface area contributed by atoms with Crippen LogP contribution in [0.15, 0.2) is 15.8 Å². The number of nitrogens with one attached hydrogen (secondary N) is 2. The SMILES string of the molecule is CCC(C)NCCn1cc(Cl)c(=O)[nH]c1=O. The lowest BCUT2D eigenvalue weighted by molar-refractivity contribution is 0.496. The van der Waals surface area contributed by atoms with Gasteiger partial charge in [0.2, 0.25) is 0 Å². The first-order valence-electron chi connectivity index (χ1n) is 5.27. The molecule has 1 aromatic heterocycles. The van der Waals surface area contributed by atoms with Gasteiger partial charge < -0.3 is 5.32 Å². The van der Waals surface area contributed by atoms with Crippen molar-refractivity contribution < 1.29 is 0 Å². The van der Waals surface area contributed by atoms with E-state index in [-0.39, 0.29) is 5.02 Å². The molecule has 0 aromatic carbocycles. The third-order valence-corrected chi connectivity index (χ3v) is 2.69. The molecule has 1 rings (SSSR count). The van der Waals surface area contributed by atoms with Crippen molar-refractivity contribution >= 4 is 11.6 Å². The molecule has 0 aliphatic rings. The molecule has 1 atom stereocenters. The molecule has 0 saturated carbocycles. The Morgan fingerprint density at radius 3 is 2.88 bits per heavy atom. The lowest BCUT2D eigenvalue weighted by atomic mass is 10.2. The largest absolute Gasteiger partial charge is 0.328 e. The van der Waals surface area contributed by atoms with Crippen molar-refractivity contribution in [3.05, 3.63) is 32.1 Å². The van der Waals surface area contributed by atoms with Gasteiger partial charge >= 0.3 is 5.69 Å². The normalized spacial score (nSPS) is 12.7. The van der Waals surface area contributed by atoms with Crippen LogP contribution in [0.4, 0.5) is 0 Å². The third kappa shape index (κ3) is 3.50. The highest BCUT2D eigenvalue weighted by molar-refractivity contribution is 6.30. The van der Waals surface area contributed by atoms with Crippen molar-refractivity contribution in [3.63, 3.8) is 0 Å². The van der Waals surface area contributed by atoms with Crippen LogP contribution in [-0.4, -0.2) is 22.1 Å². The number of aromatic amines is 1. The van der Waals surface area contributed by atoms with E-state index < -0.39 is 11.2 Å². The molecule has 6 heteroatoms. The van der Waals surface area contributed by atoms with E-state index in [1.165, 1.54) is 10.8 Å². The molecule has 90 valence electrons. The molecular weight excluding hydrogens is 230 g/mol. The van der Waals surface area contributed by atoms with Crippen LogP contribution in [0, 0.1) is 0 Å². The molecular formula is C10H16ClN3O2. The smallest absolute Gasteiger partial charge is 0.312 e. The summed E-state index contributed by atoms with van der Waals surface area (Å²) in [6.45, 7) is 5.31. The van der Waals surface area contributed by atoms with Gasteiger partial charge in [0.15, 0.2) is 0 Å². The summed E-state index contributed by atoms with van der Waals surface area (Å²) in [7, 11) is 0. The van der Waals surface area contributed by atoms with Gasteiger partial charge in [0, 0.05) is 25.3 Å². The average Bonchev–Trinajstić information content (AvgIpc) is 2.25. The fraction of sp³-hybridized carbons (Fsp3) is 0.600. The first-order chi connectivity index (χ1) is 7.54. The summed E-state index contributed by atoms with van der Waals surface area (Å²) in [5.41, 5.74) is -0.974. The van der Waals surface area contributed by atoms with Gasteiger partial charge in [-0.15, -0.1) is 0 Å². The molecule has 0 aliphatic carbocycles. The van der Waals surface area contributed by atoms with Gasteiger partial charge in [0.1, 0.15) is 5.02 Å². The minimum atomic E-state index is -0.544. The summed E-state index contributed by atoms with van der Waals surface area (Å²) in [4.78, 5) is 24.5. The molecule has 0 fully saturated rings. The summed E-state index contributed by atoms with van der Waals surface area (Å²) in [5.74, 6) is 0. The predicted octanol–water partition coefficient (Wildman–Crippen LogP) is 0.578. The van der Waals surface area contributed by atoms with E-state index in [2.05, 4.69) is 24.1 Å². The van der Waals surface area contributed by atoms with Gasteiger partial charge in [0.25, 0.3) is 5.56 Å². The quantitative estimate of drug-likeness (QED) is 0.798. The van der Waals surface area contributed by atoms with Crippen molar-refractivity contribution in [2.24, 2.45) is 0 Å². The lowest BCUT2D eigenvalue weighted by Gasteiger charge is -2.11. The molecule has 1 unspecified atom stereocenters. The minimum absolute atomic E-state index is 0.0307. The summed E-state index contributed by atoms with van der Waals surface area (Å²) in [6, 6.07) is 0.411. The van der Waals surface area contributed by atoms with Crippen molar-refractivity contribution in [1.29, 1.82) is 0 Å². The zero-order valence-electron chi connectivity index (χ0n) is 9.42. The van der Waals surface area contributed by atoms with Crippen LogP contribution in [0.1, 0.15) is 20.3 Å². The van der Waals surface area contributed by atoms with Crippen molar-refractivity contribution in [2.75, 3.05) is 6.54 Å². The number of hydrogen-bond acceptors (Lipinski definition) is 3. The van der Waals surface area contributed by atoms with Crippen LogP contribution >= 0.6 is 11.6 Å². The molecule has 5 nitrogen and oxygen atoms in total. The van der Waals surface area contributed by atoms with Crippen molar-refractivity contribution in [1.82, 2.24) is 14.9 Å². The van der Waals surface area contributed by atoms with Crippen LogP contribution in [0.2, 0.25) is 5.02 Å². The second kappa shape index (κ2) is 5.86. The zero-order valence-corrected chi connectivity index (χ0v) is 10.2. The van der Waals surface area contributed by atoms with E-state index in [1.807, 2.05) is 0 Å². The molecule has 1 aromatic rings. The van der Waals surface area contributed by atoms with Crippen LogP contribution in [0.25, 0.3) is 0 Å². The molecule has 0 spiro atoms. The van der Waals surface area contributed by atoms with E-state index >= 15 is 0 Å². The first kappa shape index (κ1) is 13.0. The van der Waals surface area contributed by atoms with Crippen molar-refractivity contribution in [2.45, 2.75) is 32.9 Å².